The normalized spacial score (nSPS) is 14.2. The minimum atomic E-state index is -1.20. The van der Waals surface area contributed by atoms with E-state index in [1.807, 2.05) is 0 Å². The van der Waals surface area contributed by atoms with Gasteiger partial charge in [-0.2, -0.15) is 0 Å². The highest BCUT2D eigenvalue weighted by molar-refractivity contribution is 6.32. The molecule has 0 spiro atoms. The highest BCUT2D eigenvalue weighted by Crippen LogP contribution is 2.39. The van der Waals surface area contributed by atoms with Crippen LogP contribution in [0.3, 0.4) is 0 Å². The van der Waals surface area contributed by atoms with Gasteiger partial charge in [0.2, 0.25) is 0 Å². The molecular weight excluding hydrogens is 525 g/mol. The van der Waals surface area contributed by atoms with Gasteiger partial charge in [-0.25, -0.2) is 14.2 Å². The van der Waals surface area contributed by atoms with E-state index in [-0.39, 0.29) is 27.5 Å². The van der Waals surface area contributed by atoms with Crippen LogP contribution in [-0.4, -0.2) is 27.9 Å². The lowest BCUT2D eigenvalue weighted by Gasteiger charge is -2.16. The fraction of sp³-hybridized carbons (Fsp3) is 0.138. The highest BCUT2D eigenvalue weighted by Gasteiger charge is 2.30. The molecule has 1 aromatic heterocycles. The monoisotopic (exact) mass is 545 g/mol. The number of amides is 1. The zero-order valence-corrected chi connectivity index (χ0v) is 21.4. The minimum absolute atomic E-state index is 0.184. The number of benzene rings is 3. The van der Waals surface area contributed by atoms with Crippen LogP contribution in [0.5, 0.6) is 0 Å². The van der Waals surface area contributed by atoms with Crippen molar-refractivity contribution in [1.82, 2.24) is 4.98 Å². The van der Waals surface area contributed by atoms with E-state index in [0.717, 1.165) is 5.57 Å². The summed E-state index contributed by atoms with van der Waals surface area (Å²) in [5, 5.41) is 14.4. The van der Waals surface area contributed by atoms with E-state index >= 15 is 0 Å². The molecule has 4 aromatic rings. The maximum Gasteiger partial charge on any atom is 0.339 e. The van der Waals surface area contributed by atoms with Gasteiger partial charge in [0.15, 0.2) is 6.10 Å². The van der Waals surface area contributed by atoms with E-state index in [4.69, 9.17) is 21.3 Å². The van der Waals surface area contributed by atoms with Gasteiger partial charge in [0, 0.05) is 28.8 Å². The quantitative estimate of drug-likeness (QED) is 0.166. The average molecular weight is 546 g/mol. The van der Waals surface area contributed by atoms with Crippen LogP contribution in [0, 0.1) is 15.9 Å². The Bertz CT molecular complexity index is 1670. The third-order valence-electron chi connectivity index (χ3n) is 6.44. The molecule has 0 aliphatic heterocycles. The van der Waals surface area contributed by atoms with Gasteiger partial charge < -0.3 is 10.1 Å². The number of esters is 1. The summed E-state index contributed by atoms with van der Waals surface area (Å²) >= 11 is 6.23. The van der Waals surface area contributed by atoms with Crippen LogP contribution >= 0.6 is 11.6 Å². The number of carbonyl (C=O) groups excluding carboxylic acids is 2. The number of non-ortho nitro benzene ring substituents is 1. The van der Waals surface area contributed by atoms with Gasteiger partial charge in [0.25, 0.3) is 11.6 Å². The number of hydrogen-bond acceptors (Lipinski definition) is 6. The lowest BCUT2D eigenvalue weighted by atomic mass is 10.0. The summed E-state index contributed by atoms with van der Waals surface area (Å²) in [5.41, 5.74) is 3.02. The topological polar surface area (TPSA) is 111 Å². The van der Waals surface area contributed by atoms with E-state index in [1.165, 1.54) is 43.3 Å². The van der Waals surface area contributed by atoms with Gasteiger partial charge in [0.1, 0.15) is 5.82 Å². The van der Waals surface area contributed by atoms with Crippen molar-refractivity contribution < 1.29 is 23.6 Å². The first-order valence-electron chi connectivity index (χ1n) is 12.1. The number of anilines is 1. The maximum absolute atomic E-state index is 14.5. The molecule has 3 aromatic carbocycles. The van der Waals surface area contributed by atoms with Gasteiger partial charge in [-0.1, -0.05) is 41.9 Å². The standard InChI is InChI=1S/C29H21ClFN3O5/c1-16(28(35)32-18-6-4-7-19(15-18)34(37)38)39-29(36)26-20-8-2-3-11-25(20)33-27-17(12-13-21(26)27)14-22-23(30)9-5-10-24(22)31/h2-11,14-16H,12-13H2,1H3,(H,32,35)/b17-14+/t16-/m0/s1. The predicted molar refractivity (Wildman–Crippen MR) is 146 cm³/mol. The molecule has 1 aliphatic carbocycles. The molecular formula is C29H21ClFN3O5. The summed E-state index contributed by atoms with van der Waals surface area (Å²) in [7, 11) is 0. The number of allylic oxidation sites excluding steroid dienone is 1. The summed E-state index contributed by atoms with van der Waals surface area (Å²) in [5.74, 6) is -1.82. The Labute approximate surface area is 227 Å². The largest absolute Gasteiger partial charge is 0.449 e. The summed E-state index contributed by atoms with van der Waals surface area (Å²) < 4.78 is 20.0. The first-order valence-corrected chi connectivity index (χ1v) is 12.4. The Morgan fingerprint density at radius 2 is 1.90 bits per heavy atom. The molecule has 0 saturated heterocycles. The van der Waals surface area contributed by atoms with E-state index in [2.05, 4.69) is 5.32 Å². The van der Waals surface area contributed by atoms with Crippen molar-refractivity contribution in [3.63, 3.8) is 0 Å². The number of nitro benzene ring substituents is 1. The van der Waals surface area contributed by atoms with Crippen molar-refractivity contribution in [2.75, 3.05) is 5.32 Å². The molecule has 1 atom stereocenters. The number of nitro groups is 1. The number of para-hydroxylation sites is 1. The molecule has 1 amide bonds. The van der Waals surface area contributed by atoms with Crippen molar-refractivity contribution in [2.24, 2.45) is 0 Å². The molecule has 1 heterocycles. The van der Waals surface area contributed by atoms with Crippen LogP contribution in [0.25, 0.3) is 22.6 Å². The van der Waals surface area contributed by atoms with Gasteiger partial charge in [-0.05, 0) is 61.2 Å². The number of nitrogens with zero attached hydrogens (tertiary/aromatic N) is 2. The Hall–Kier alpha value is -4.63. The van der Waals surface area contributed by atoms with Crippen LogP contribution < -0.4 is 5.32 Å². The number of hydrogen-bond donors (Lipinski definition) is 1. The number of ether oxygens (including phenoxy) is 1. The third-order valence-corrected chi connectivity index (χ3v) is 6.77. The van der Waals surface area contributed by atoms with E-state index in [0.29, 0.717) is 35.0 Å². The number of nitrogens with one attached hydrogen (secondary N) is 1. The number of rotatable bonds is 6. The minimum Gasteiger partial charge on any atom is -0.449 e. The molecule has 0 bridgehead atoms. The Kier molecular flexibility index (Phi) is 7.08. The van der Waals surface area contributed by atoms with Gasteiger partial charge in [-0.15, -0.1) is 0 Å². The molecule has 0 unspecified atom stereocenters. The zero-order chi connectivity index (χ0) is 27.7. The number of halogens is 2. The average Bonchev–Trinajstić information content (AvgIpc) is 3.31. The van der Waals surface area contributed by atoms with Gasteiger partial charge >= 0.3 is 5.97 Å². The second kappa shape index (κ2) is 10.6. The number of carbonyl (C=O) groups is 2. The van der Waals surface area contributed by atoms with Crippen molar-refractivity contribution in [1.29, 1.82) is 0 Å². The molecule has 0 radical (unpaired) electrons. The zero-order valence-electron chi connectivity index (χ0n) is 20.6. The summed E-state index contributed by atoms with van der Waals surface area (Å²) in [6.45, 7) is 1.42. The van der Waals surface area contributed by atoms with Crippen molar-refractivity contribution in [3.8, 4) is 0 Å². The van der Waals surface area contributed by atoms with Gasteiger partial charge in [0.05, 0.1) is 26.7 Å². The van der Waals surface area contributed by atoms with Crippen LogP contribution in [-0.2, 0) is 16.0 Å². The Morgan fingerprint density at radius 3 is 2.67 bits per heavy atom. The van der Waals surface area contributed by atoms with Crippen LogP contribution in [0.2, 0.25) is 5.02 Å². The lowest BCUT2D eigenvalue weighted by molar-refractivity contribution is -0.384. The number of pyridine rings is 1. The number of aromatic nitrogens is 1. The predicted octanol–water partition coefficient (Wildman–Crippen LogP) is 6.61. The van der Waals surface area contributed by atoms with Crippen molar-refractivity contribution >= 4 is 57.4 Å². The first-order chi connectivity index (χ1) is 18.7. The molecule has 0 fully saturated rings. The lowest BCUT2D eigenvalue weighted by Crippen LogP contribution is -2.30. The van der Waals surface area contributed by atoms with Crippen LogP contribution in [0.15, 0.2) is 66.7 Å². The maximum atomic E-state index is 14.5. The van der Waals surface area contributed by atoms with Crippen LogP contribution in [0.4, 0.5) is 15.8 Å². The Morgan fingerprint density at radius 1 is 1.13 bits per heavy atom. The fourth-order valence-electron chi connectivity index (χ4n) is 4.55. The smallest absolute Gasteiger partial charge is 0.339 e. The molecule has 1 N–H and O–H groups in total. The third kappa shape index (κ3) is 5.21. The van der Waals surface area contributed by atoms with E-state index in [1.54, 1.807) is 36.4 Å². The highest BCUT2D eigenvalue weighted by atomic mass is 35.5. The first kappa shape index (κ1) is 26.0. The van der Waals surface area contributed by atoms with Crippen molar-refractivity contribution in [3.05, 3.63) is 110 Å². The SMILES string of the molecule is C[C@H](OC(=O)c1c2c(nc3ccccc13)/C(=C/c1c(F)cccc1Cl)CC2)C(=O)Nc1cccc([N+](=O)[O-])c1. The molecule has 5 rings (SSSR count). The van der Waals surface area contributed by atoms with Gasteiger partial charge in [-0.3, -0.25) is 14.9 Å². The van der Waals surface area contributed by atoms with E-state index < -0.39 is 28.7 Å². The molecule has 39 heavy (non-hydrogen) atoms. The summed E-state index contributed by atoms with van der Waals surface area (Å²) in [6, 6.07) is 17.0. The van der Waals surface area contributed by atoms with Crippen LogP contribution in [0.1, 0.15) is 40.5 Å². The second-order valence-corrected chi connectivity index (χ2v) is 9.39. The molecule has 196 valence electrons. The molecule has 8 nitrogen and oxygen atoms in total. The number of fused-ring (bicyclic) bond motifs is 2. The fourth-order valence-corrected chi connectivity index (χ4v) is 4.77. The summed E-state index contributed by atoms with van der Waals surface area (Å²) in [4.78, 5) is 41.4. The Balaban J connectivity index is 1.46. The molecule has 10 heteroatoms. The molecule has 1 aliphatic rings. The summed E-state index contributed by atoms with van der Waals surface area (Å²) in [6.07, 6.45) is 1.42. The van der Waals surface area contributed by atoms with E-state index in [9.17, 15) is 24.1 Å². The molecule has 0 saturated carbocycles. The second-order valence-electron chi connectivity index (χ2n) is 8.98. The van der Waals surface area contributed by atoms with Crippen molar-refractivity contribution in [2.45, 2.75) is 25.9 Å².